The van der Waals surface area contributed by atoms with Crippen molar-refractivity contribution in [3.05, 3.63) is 71.8 Å². The summed E-state index contributed by atoms with van der Waals surface area (Å²) >= 11 is 0. The first-order valence-corrected chi connectivity index (χ1v) is 7.76. The van der Waals surface area contributed by atoms with Gasteiger partial charge in [0.2, 0.25) is 11.8 Å². The van der Waals surface area contributed by atoms with Crippen molar-refractivity contribution < 1.29 is 14.7 Å². The lowest BCUT2D eigenvalue weighted by Crippen LogP contribution is -2.34. The maximum atomic E-state index is 12.5. The number of imide groups is 1. The summed E-state index contributed by atoms with van der Waals surface area (Å²) in [5, 5.41) is 10.2. The van der Waals surface area contributed by atoms with Gasteiger partial charge in [-0.2, -0.15) is 0 Å². The number of nitrogens with zero attached hydrogens (tertiary/aromatic N) is 1. The topological polar surface area (TPSA) is 57.6 Å². The van der Waals surface area contributed by atoms with E-state index in [1.54, 1.807) is 12.1 Å². The van der Waals surface area contributed by atoms with Crippen LogP contribution in [0.5, 0.6) is 0 Å². The number of rotatable bonds is 5. The smallest absolute Gasteiger partial charge is 0.233 e. The summed E-state index contributed by atoms with van der Waals surface area (Å²) in [6, 6.07) is 18.8. The van der Waals surface area contributed by atoms with Crippen molar-refractivity contribution in [3.63, 3.8) is 0 Å². The van der Waals surface area contributed by atoms with E-state index in [1.165, 1.54) is 4.90 Å². The molecule has 0 spiro atoms. The van der Waals surface area contributed by atoms with Gasteiger partial charge in [0.15, 0.2) is 0 Å². The van der Waals surface area contributed by atoms with Gasteiger partial charge in [-0.3, -0.25) is 14.5 Å². The minimum atomic E-state index is -0.848. The Kier molecular flexibility index (Phi) is 4.53. The third-order valence-corrected chi connectivity index (χ3v) is 4.20. The molecule has 0 aromatic heterocycles. The van der Waals surface area contributed by atoms with Crippen molar-refractivity contribution in [1.29, 1.82) is 0 Å². The van der Waals surface area contributed by atoms with Crippen molar-refractivity contribution in [1.82, 2.24) is 4.90 Å². The molecule has 4 nitrogen and oxygen atoms in total. The first-order chi connectivity index (χ1) is 11.1. The Morgan fingerprint density at radius 3 is 2.26 bits per heavy atom. The minimum absolute atomic E-state index is 0.0208. The lowest BCUT2D eigenvalue weighted by atomic mass is 9.98. The van der Waals surface area contributed by atoms with Crippen LogP contribution in [0.3, 0.4) is 0 Å². The van der Waals surface area contributed by atoms with Crippen LogP contribution in [0.2, 0.25) is 0 Å². The molecule has 0 bridgehead atoms. The molecule has 1 fully saturated rings. The summed E-state index contributed by atoms with van der Waals surface area (Å²) in [4.78, 5) is 25.8. The van der Waals surface area contributed by atoms with Crippen LogP contribution in [-0.4, -0.2) is 28.4 Å². The van der Waals surface area contributed by atoms with Gasteiger partial charge in [-0.1, -0.05) is 60.7 Å². The number of likely N-dealkylation sites (tertiary alicyclic amines) is 1. The standard InChI is InChI=1S/C19H19NO3/c21-17(15-9-5-2-6-10-15)13-20-18(22)12-16(19(20)23)11-14-7-3-1-4-8-14/h1-10,16-17,21H,11-13H2/t16-,17-/m0/s1. The van der Waals surface area contributed by atoms with Gasteiger partial charge in [-0.15, -0.1) is 0 Å². The lowest BCUT2D eigenvalue weighted by Gasteiger charge is -2.19. The van der Waals surface area contributed by atoms with E-state index in [0.29, 0.717) is 12.0 Å². The summed E-state index contributed by atoms with van der Waals surface area (Å²) in [5.41, 5.74) is 1.75. The summed E-state index contributed by atoms with van der Waals surface area (Å²) in [6.45, 7) is 0.0208. The molecule has 0 aliphatic carbocycles. The van der Waals surface area contributed by atoms with Crippen LogP contribution in [-0.2, 0) is 16.0 Å². The van der Waals surface area contributed by atoms with Gasteiger partial charge in [0.05, 0.1) is 18.6 Å². The Bertz CT molecular complexity index is 684. The van der Waals surface area contributed by atoms with E-state index in [9.17, 15) is 14.7 Å². The predicted octanol–water partition coefficient (Wildman–Crippen LogP) is 2.34. The lowest BCUT2D eigenvalue weighted by molar-refractivity contribution is -0.141. The molecule has 1 heterocycles. The van der Waals surface area contributed by atoms with Crippen LogP contribution in [0.4, 0.5) is 0 Å². The molecule has 2 aromatic rings. The number of carbonyl (C=O) groups excluding carboxylic acids is 2. The summed E-state index contributed by atoms with van der Waals surface area (Å²) in [5.74, 6) is -0.715. The Morgan fingerprint density at radius 1 is 1.00 bits per heavy atom. The molecule has 4 heteroatoms. The van der Waals surface area contributed by atoms with Gasteiger partial charge in [-0.05, 0) is 17.5 Å². The zero-order valence-corrected chi connectivity index (χ0v) is 12.8. The highest BCUT2D eigenvalue weighted by atomic mass is 16.3. The average molecular weight is 309 g/mol. The minimum Gasteiger partial charge on any atom is -0.387 e. The molecule has 0 saturated carbocycles. The Balaban J connectivity index is 1.67. The third-order valence-electron chi connectivity index (χ3n) is 4.20. The van der Waals surface area contributed by atoms with Crippen molar-refractivity contribution in [2.45, 2.75) is 18.9 Å². The predicted molar refractivity (Wildman–Crippen MR) is 86.4 cm³/mol. The molecule has 1 aliphatic heterocycles. The normalized spacial score (nSPS) is 19.2. The van der Waals surface area contributed by atoms with Crippen molar-refractivity contribution in [2.75, 3.05) is 6.54 Å². The molecule has 0 unspecified atom stereocenters. The zero-order valence-electron chi connectivity index (χ0n) is 12.8. The molecule has 0 radical (unpaired) electrons. The summed E-state index contributed by atoms with van der Waals surface area (Å²) < 4.78 is 0. The van der Waals surface area contributed by atoms with Crippen molar-refractivity contribution in [2.24, 2.45) is 5.92 Å². The molecule has 3 rings (SSSR count). The monoisotopic (exact) mass is 309 g/mol. The van der Waals surface area contributed by atoms with Crippen LogP contribution in [0.15, 0.2) is 60.7 Å². The van der Waals surface area contributed by atoms with Crippen LogP contribution < -0.4 is 0 Å². The summed E-state index contributed by atoms with van der Waals surface area (Å²) in [6.07, 6.45) is -0.0712. The zero-order chi connectivity index (χ0) is 16.2. The van der Waals surface area contributed by atoms with Gasteiger partial charge in [-0.25, -0.2) is 0 Å². The number of aliphatic hydroxyl groups is 1. The maximum absolute atomic E-state index is 12.5. The molecule has 1 N–H and O–H groups in total. The number of benzene rings is 2. The largest absolute Gasteiger partial charge is 0.387 e. The van der Waals surface area contributed by atoms with Gasteiger partial charge in [0.1, 0.15) is 0 Å². The molecule has 23 heavy (non-hydrogen) atoms. The molecule has 1 aliphatic rings. The van der Waals surface area contributed by atoms with E-state index in [0.717, 1.165) is 5.56 Å². The van der Waals surface area contributed by atoms with E-state index in [4.69, 9.17) is 0 Å². The van der Waals surface area contributed by atoms with Gasteiger partial charge < -0.3 is 5.11 Å². The van der Waals surface area contributed by atoms with E-state index >= 15 is 0 Å². The molecule has 2 atom stereocenters. The van der Waals surface area contributed by atoms with Crippen LogP contribution in [0.1, 0.15) is 23.7 Å². The molecular weight excluding hydrogens is 290 g/mol. The van der Waals surface area contributed by atoms with Crippen LogP contribution in [0.25, 0.3) is 0 Å². The van der Waals surface area contributed by atoms with E-state index in [2.05, 4.69) is 0 Å². The number of hydrogen-bond acceptors (Lipinski definition) is 3. The molecule has 2 amide bonds. The van der Waals surface area contributed by atoms with Crippen molar-refractivity contribution >= 4 is 11.8 Å². The fraction of sp³-hybridized carbons (Fsp3) is 0.263. The molecular formula is C19H19NO3. The Hall–Kier alpha value is -2.46. The highest BCUT2D eigenvalue weighted by Gasteiger charge is 2.39. The number of amides is 2. The number of β-amino-alcohol motifs (C(OH)–C–C–N with tert-alkyl or cyclic N) is 1. The fourth-order valence-electron chi connectivity index (χ4n) is 2.95. The number of hydrogen-bond donors (Lipinski definition) is 1. The van der Waals surface area contributed by atoms with Crippen molar-refractivity contribution in [3.8, 4) is 0 Å². The first-order valence-electron chi connectivity index (χ1n) is 7.76. The van der Waals surface area contributed by atoms with E-state index in [1.807, 2.05) is 48.5 Å². The number of aliphatic hydroxyl groups excluding tert-OH is 1. The quantitative estimate of drug-likeness (QED) is 0.863. The van der Waals surface area contributed by atoms with Gasteiger partial charge in [0, 0.05) is 6.42 Å². The second kappa shape index (κ2) is 6.75. The highest BCUT2D eigenvalue weighted by molar-refractivity contribution is 6.03. The molecule has 1 saturated heterocycles. The van der Waals surface area contributed by atoms with E-state index in [-0.39, 0.29) is 30.7 Å². The Labute approximate surface area is 135 Å². The maximum Gasteiger partial charge on any atom is 0.233 e. The first kappa shape index (κ1) is 15.4. The van der Waals surface area contributed by atoms with Gasteiger partial charge >= 0.3 is 0 Å². The van der Waals surface area contributed by atoms with Gasteiger partial charge in [0.25, 0.3) is 0 Å². The highest BCUT2D eigenvalue weighted by Crippen LogP contribution is 2.26. The molecule has 118 valence electrons. The fourth-order valence-corrected chi connectivity index (χ4v) is 2.95. The summed E-state index contributed by atoms with van der Waals surface area (Å²) in [7, 11) is 0. The van der Waals surface area contributed by atoms with Crippen LogP contribution in [0, 0.1) is 5.92 Å². The third kappa shape index (κ3) is 3.48. The van der Waals surface area contributed by atoms with Crippen LogP contribution >= 0.6 is 0 Å². The second-order valence-corrected chi connectivity index (χ2v) is 5.86. The molecule has 2 aromatic carbocycles. The van der Waals surface area contributed by atoms with E-state index < -0.39 is 6.10 Å². The number of carbonyl (C=O) groups is 2. The average Bonchev–Trinajstić information content (AvgIpc) is 2.84. The Morgan fingerprint density at radius 2 is 1.61 bits per heavy atom. The SMILES string of the molecule is O=C1C[C@H](Cc2ccccc2)C(=O)N1C[C@H](O)c1ccccc1. The second-order valence-electron chi connectivity index (χ2n) is 5.86.